The monoisotopic (exact) mass is 370 g/mol. The lowest BCUT2D eigenvalue weighted by Gasteiger charge is -2.22. The van der Waals surface area contributed by atoms with Crippen molar-refractivity contribution in [3.63, 3.8) is 0 Å². The number of thiocarbonyl (C=S) groups is 1. The molecule has 8 heteroatoms. The van der Waals surface area contributed by atoms with Crippen molar-refractivity contribution in [1.82, 2.24) is 4.31 Å². The fourth-order valence-electron chi connectivity index (χ4n) is 1.52. The van der Waals surface area contributed by atoms with E-state index in [1.54, 1.807) is 14.0 Å². The molecule has 0 radical (unpaired) electrons. The van der Waals surface area contributed by atoms with Gasteiger partial charge in [-0.15, -0.1) is 11.3 Å². The van der Waals surface area contributed by atoms with E-state index >= 15 is 0 Å². The summed E-state index contributed by atoms with van der Waals surface area (Å²) in [6, 6.07) is 1.90. The minimum atomic E-state index is -3.48. The van der Waals surface area contributed by atoms with Crippen LogP contribution in [0, 0.1) is 0 Å². The van der Waals surface area contributed by atoms with E-state index in [0.717, 1.165) is 9.35 Å². The Labute approximate surface area is 125 Å². The number of hydrogen-bond donors (Lipinski definition) is 1. The highest BCUT2D eigenvalue weighted by Gasteiger charge is 2.30. The van der Waals surface area contributed by atoms with E-state index in [0.29, 0.717) is 13.0 Å². The summed E-state index contributed by atoms with van der Waals surface area (Å²) in [6.45, 7) is 2.09. The van der Waals surface area contributed by atoms with Crippen LogP contribution >= 0.6 is 39.5 Å². The van der Waals surface area contributed by atoms with Gasteiger partial charge in [0.25, 0.3) is 0 Å². The molecule has 0 spiro atoms. The highest BCUT2D eigenvalue weighted by atomic mass is 79.9. The van der Waals surface area contributed by atoms with Crippen molar-refractivity contribution in [2.45, 2.75) is 25.1 Å². The lowest BCUT2D eigenvalue weighted by molar-refractivity contribution is 0.464. The van der Waals surface area contributed by atoms with Crippen LogP contribution in [0.3, 0.4) is 0 Å². The SMILES string of the molecule is CCC(C(N)=S)S(=O)(=O)N(C)Cc1cc(Br)cs1. The number of halogens is 1. The van der Waals surface area contributed by atoms with Crippen LogP contribution in [-0.2, 0) is 16.6 Å². The molecule has 0 aromatic carbocycles. The second-order valence-electron chi connectivity index (χ2n) is 3.83. The van der Waals surface area contributed by atoms with Crippen molar-refractivity contribution >= 4 is 54.5 Å². The Bertz CT molecular complexity index is 527. The van der Waals surface area contributed by atoms with Crippen LogP contribution in [-0.4, -0.2) is 30.0 Å². The molecular formula is C10H15BrN2O2S3. The number of sulfonamides is 1. The third-order valence-corrected chi connectivity index (χ3v) is 6.90. The smallest absolute Gasteiger partial charge is 0.223 e. The van der Waals surface area contributed by atoms with Crippen molar-refractivity contribution in [2.75, 3.05) is 7.05 Å². The summed E-state index contributed by atoms with van der Waals surface area (Å²) in [7, 11) is -1.94. The van der Waals surface area contributed by atoms with Crippen molar-refractivity contribution in [3.8, 4) is 0 Å². The van der Waals surface area contributed by atoms with Crippen molar-refractivity contribution in [1.29, 1.82) is 0 Å². The average molecular weight is 371 g/mol. The molecule has 0 aliphatic rings. The van der Waals surface area contributed by atoms with Crippen LogP contribution in [0.2, 0.25) is 0 Å². The van der Waals surface area contributed by atoms with Gasteiger partial charge in [-0.25, -0.2) is 8.42 Å². The molecule has 0 fully saturated rings. The summed E-state index contributed by atoms with van der Waals surface area (Å²) in [4.78, 5) is 0.988. The predicted molar refractivity (Wildman–Crippen MR) is 83.3 cm³/mol. The van der Waals surface area contributed by atoms with Crippen LogP contribution in [0.1, 0.15) is 18.2 Å². The first-order valence-electron chi connectivity index (χ1n) is 5.26. The van der Waals surface area contributed by atoms with Gasteiger partial charge >= 0.3 is 0 Å². The van der Waals surface area contributed by atoms with Gasteiger partial charge in [-0.1, -0.05) is 19.1 Å². The number of thiophene rings is 1. The second kappa shape index (κ2) is 6.42. The van der Waals surface area contributed by atoms with Crippen LogP contribution in [0.25, 0.3) is 0 Å². The lowest BCUT2D eigenvalue weighted by Crippen LogP contribution is -2.42. The molecule has 0 saturated heterocycles. The van der Waals surface area contributed by atoms with Gasteiger partial charge < -0.3 is 5.73 Å². The van der Waals surface area contributed by atoms with Gasteiger partial charge in [0.15, 0.2) is 0 Å². The van der Waals surface area contributed by atoms with Gasteiger partial charge in [0.05, 0.1) is 4.99 Å². The zero-order chi connectivity index (χ0) is 13.9. The maximum Gasteiger partial charge on any atom is 0.223 e. The normalized spacial score (nSPS) is 13.8. The Morgan fingerprint density at radius 2 is 2.28 bits per heavy atom. The maximum absolute atomic E-state index is 12.3. The Morgan fingerprint density at radius 1 is 1.67 bits per heavy atom. The minimum absolute atomic E-state index is 0.0247. The minimum Gasteiger partial charge on any atom is -0.392 e. The zero-order valence-corrected chi connectivity index (χ0v) is 14.1. The maximum atomic E-state index is 12.3. The topological polar surface area (TPSA) is 63.4 Å². The standard InChI is InChI=1S/C10H15BrN2O2S3/c1-3-9(10(12)16)18(14,15)13(2)5-8-4-7(11)6-17-8/h4,6,9H,3,5H2,1-2H3,(H2,12,16). The third-order valence-electron chi connectivity index (χ3n) is 2.48. The Kier molecular flexibility index (Phi) is 5.72. The number of hydrogen-bond acceptors (Lipinski definition) is 4. The molecule has 1 aromatic heterocycles. The second-order valence-corrected chi connectivity index (χ2v) is 8.44. The number of nitrogens with zero attached hydrogens (tertiary/aromatic N) is 1. The van der Waals surface area contributed by atoms with Gasteiger partial charge in [-0.2, -0.15) is 4.31 Å². The van der Waals surface area contributed by atoms with Gasteiger partial charge in [0.1, 0.15) is 5.25 Å². The molecule has 1 heterocycles. The lowest BCUT2D eigenvalue weighted by atomic mass is 10.3. The molecule has 0 saturated carbocycles. The quantitative estimate of drug-likeness (QED) is 0.780. The van der Waals surface area contributed by atoms with Gasteiger partial charge in [0, 0.05) is 28.3 Å². The van der Waals surface area contributed by atoms with Gasteiger partial charge in [-0.05, 0) is 28.4 Å². The molecule has 1 atom stereocenters. The molecular weight excluding hydrogens is 356 g/mol. The largest absolute Gasteiger partial charge is 0.392 e. The molecule has 1 rings (SSSR count). The van der Waals surface area contributed by atoms with E-state index in [1.165, 1.54) is 15.6 Å². The first kappa shape index (κ1) is 16.0. The fourth-order valence-corrected chi connectivity index (χ4v) is 5.11. The van der Waals surface area contributed by atoms with E-state index < -0.39 is 15.3 Å². The molecule has 1 aromatic rings. The zero-order valence-electron chi connectivity index (χ0n) is 10.1. The molecule has 0 aliphatic carbocycles. The Hall–Kier alpha value is -0.0200. The van der Waals surface area contributed by atoms with Crippen molar-refractivity contribution in [2.24, 2.45) is 5.73 Å². The van der Waals surface area contributed by atoms with Crippen LogP contribution in [0.4, 0.5) is 0 Å². The number of rotatable bonds is 6. The summed E-state index contributed by atoms with van der Waals surface area (Å²) in [5.41, 5.74) is 5.49. The summed E-state index contributed by atoms with van der Waals surface area (Å²) in [5.74, 6) is 0. The molecule has 18 heavy (non-hydrogen) atoms. The molecule has 0 aliphatic heterocycles. The summed E-state index contributed by atoms with van der Waals surface area (Å²) < 4.78 is 26.8. The van der Waals surface area contributed by atoms with E-state index in [-0.39, 0.29) is 4.99 Å². The van der Waals surface area contributed by atoms with Gasteiger partial charge in [0.2, 0.25) is 10.0 Å². The summed E-state index contributed by atoms with van der Waals surface area (Å²) >= 11 is 9.66. The summed E-state index contributed by atoms with van der Waals surface area (Å²) in [5, 5.41) is 1.13. The first-order chi connectivity index (χ1) is 8.28. The number of nitrogens with two attached hydrogens (primary N) is 1. The van der Waals surface area contributed by atoms with Gasteiger partial charge in [-0.3, -0.25) is 0 Å². The van der Waals surface area contributed by atoms with E-state index in [9.17, 15) is 8.42 Å². The van der Waals surface area contributed by atoms with E-state index in [1.807, 2.05) is 11.4 Å². The fraction of sp³-hybridized carbons (Fsp3) is 0.500. The van der Waals surface area contributed by atoms with E-state index in [4.69, 9.17) is 18.0 Å². The Morgan fingerprint density at radius 3 is 2.67 bits per heavy atom. The molecule has 0 bridgehead atoms. The highest BCUT2D eigenvalue weighted by Crippen LogP contribution is 2.22. The van der Waals surface area contributed by atoms with E-state index in [2.05, 4.69) is 15.9 Å². The Balaban J connectivity index is 2.88. The van der Waals surface area contributed by atoms with Crippen LogP contribution < -0.4 is 5.73 Å². The van der Waals surface area contributed by atoms with Crippen LogP contribution in [0.15, 0.2) is 15.9 Å². The third kappa shape index (κ3) is 3.74. The van der Waals surface area contributed by atoms with Crippen molar-refractivity contribution < 1.29 is 8.42 Å². The first-order valence-corrected chi connectivity index (χ1v) is 8.84. The molecule has 1 unspecified atom stereocenters. The molecule has 0 amide bonds. The molecule has 4 nitrogen and oxygen atoms in total. The molecule has 102 valence electrons. The predicted octanol–water partition coefficient (Wildman–Crippen LogP) is 2.34. The van der Waals surface area contributed by atoms with Crippen molar-refractivity contribution in [3.05, 3.63) is 20.8 Å². The molecule has 2 N–H and O–H groups in total. The van der Waals surface area contributed by atoms with Crippen LogP contribution in [0.5, 0.6) is 0 Å². The highest BCUT2D eigenvalue weighted by molar-refractivity contribution is 9.10. The summed E-state index contributed by atoms with van der Waals surface area (Å²) in [6.07, 6.45) is 0.385. The average Bonchev–Trinajstić information content (AvgIpc) is 2.63.